The van der Waals surface area contributed by atoms with Gasteiger partial charge < -0.3 is 9.11 Å². The number of carbonyl (C=O) groups excluding carboxylic acids is 2. The molecule has 1 aliphatic heterocycles. The minimum Gasteiger partial charge on any atom is -0.748 e. The van der Waals surface area contributed by atoms with Crippen molar-refractivity contribution < 1.29 is 60.1 Å². The summed E-state index contributed by atoms with van der Waals surface area (Å²) in [5.41, 5.74) is 3.99. The summed E-state index contributed by atoms with van der Waals surface area (Å²) in [5.74, 6) is -0.481. The van der Waals surface area contributed by atoms with Crippen molar-refractivity contribution in [3.63, 3.8) is 0 Å². The molecular weight excluding hydrogens is 821 g/mol. The van der Waals surface area contributed by atoms with Crippen molar-refractivity contribution in [1.82, 2.24) is 9.97 Å². The van der Waals surface area contributed by atoms with E-state index in [0.29, 0.717) is 43.7 Å². The molecule has 0 unspecified atom stereocenters. The summed E-state index contributed by atoms with van der Waals surface area (Å²) in [4.78, 5) is 29.5. The van der Waals surface area contributed by atoms with E-state index in [1.54, 1.807) is 59.8 Å². The van der Waals surface area contributed by atoms with Crippen molar-refractivity contribution in [2.75, 3.05) is 23.9 Å². The maximum absolute atomic E-state index is 11.1. The van der Waals surface area contributed by atoms with Crippen LogP contribution in [0.25, 0.3) is 0 Å². The number of aromatic nitrogens is 4. The van der Waals surface area contributed by atoms with Gasteiger partial charge in [-0.2, -0.15) is 8.42 Å². The highest BCUT2D eigenvalue weighted by molar-refractivity contribution is 7.87. The van der Waals surface area contributed by atoms with E-state index in [1.807, 2.05) is 41.4 Å². The molecule has 18 heteroatoms. The second-order valence-electron chi connectivity index (χ2n) is 15.4. The summed E-state index contributed by atoms with van der Waals surface area (Å²) >= 11 is 0. The van der Waals surface area contributed by atoms with Gasteiger partial charge in [0, 0.05) is 72.4 Å². The van der Waals surface area contributed by atoms with E-state index in [-0.39, 0.29) is 48.9 Å². The molecule has 0 saturated carbocycles. The molecule has 326 valence electrons. The summed E-state index contributed by atoms with van der Waals surface area (Å²) in [7, 11) is -11.3. The lowest BCUT2D eigenvalue weighted by molar-refractivity contribution is -0.697. The Kier molecular flexibility index (Phi) is 22.0. The zero-order chi connectivity index (χ0) is 44.9. The second kappa shape index (κ2) is 24.7. The number of Topliss-reactive ketones (excluding diaryl/α,β-unsaturated/α-hetero) is 2. The normalized spacial score (nSPS) is 13.4. The van der Waals surface area contributed by atoms with Gasteiger partial charge in [-0.3, -0.25) is 23.7 Å². The first-order chi connectivity index (χ1) is 27.2. The van der Waals surface area contributed by atoms with Crippen molar-refractivity contribution in [2.24, 2.45) is 0 Å². The quantitative estimate of drug-likeness (QED) is 0.0891. The Morgan fingerprint density at radius 2 is 1.17 bits per heavy atom. The van der Waals surface area contributed by atoms with E-state index in [4.69, 9.17) is 0 Å². The van der Waals surface area contributed by atoms with Crippen LogP contribution in [0.1, 0.15) is 109 Å². The number of nitrogens with zero attached hydrogens (tertiary/aromatic N) is 4. The van der Waals surface area contributed by atoms with Gasteiger partial charge in [0.2, 0.25) is 0 Å². The highest BCUT2D eigenvalue weighted by atomic mass is 32.2. The van der Waals surface area contributed by atoms with Crippen LogP contribution in [0.3, 0.4) is 0 Å². The van der Waals surface area contributed by atoms with Crippen molar-refractivity contribution in [2.45, 2.75) is 98.6 Å². The Morgan fingerprint density at radius 3 is 1.51 bits per heavy atom. The number of rotatable bonds is 10. The minimum atomic E-state index is -4.15. The van der Waals surface area contributed by atoms with E-state index in [1.165, 1.54) is 25.0 Å². The van der Waals surface area contributed by atoms with Crippen molar-refractivity contribution in [3.8, 4) is 0 Å². The number of aryl methyl sites for hydroxylation is 2. The first-order valence-electron chi connectivity index (χ1n) is 18.7. The fourth-order valence-corrected chi connectivity index (χ4v) is 6.61. The first-order valence-corrected chi connectivity index (χ1v) is 23.5. The average molecular weight is 881 g/mol. The van der Waals surface area contributed by atoms with E-state index in [0.717, 1.165) is 0 Å². The molecule has 15 nitrogen and oxygen atoms in total. The van der Waals surface area contributed by atoms with E-state index in [9.17, 15) is 43.9 Å². The number of carbonyl (C=O) groups is 2. The van der Waals surface area contributed by atoms with Gasteiger partial charge >= 0.3 is 2.85 Å². The number of pyridine rings is 4. The summed E-state index contributed by atoms with van der Waals surface area (Å²) < 4.78 is 90.9. The molecule has 59 heavy (non-hydrogen) atoms. The van der Waals surface area contributed by atoms with Crippen molar-refractivity contribution in [1.29, 1.82) is 0 Å². The average Bonchev–Trinajstić information content (AvgIpc) is 3.55. The fourth-order valence-electron chi connectivity index (χ4n) is 4.68. The molecule has 0 spiro atoms. The van der Waals surface area contributed by atoms with Gasteiger partial charge in [0.25, 0.3) is 10.1 Å². The predicted molar refractivity (Wildman–Crippen MR) is 224 cm³/mol. The minimum absolute atomic E-state index is 0. The van der Waals surface area contributed by atoms with Crippen LogP contribution in [0, 0.1) is 0 Å². The number of hydrogen-bond donors (Lipinski definition) is 0. The van der Waals surface area contributed by atoms with E-state index in [2.05, 4.69) is 61.8 Å². The molecule has 5 rings (SSSR count). The Bertz CT molecular complexity index is 2230. The molecule has 0 amide bonds. The molecule has 0 aromatic carbocycles. The van der Waals surface area contributed by atoms with Crippen LogP contribution in [-0.2, 0) is 58.5 Å². The third-order valence-electron chi connectivity index (χ3n) is 8.01. The Hall–Kier alpha value is -4.33. The summed E-state index contributed by atoms with van der Waals surface area (Å²) in [5, 5.41) is 0. The third-order valence-corrected chi connectivity index (χ3v) is 10.9. The van der Waals surface area contributed by atoms with Gasteiger partial charge in [-0.15, -0.1) is 0 Å². The highest BCUT2D eigenvalue weighted by Gasteiger charge is 2.18. The first kappa shape index (κ1) is 52.7. The van der Waals surface area contributed by atoms with E-state index >= 15 is 0 Å². The maximum Gasteiger partial charge on any atom is 1.00 e. The predicted octanol–water partition coefficient (Wildman–Crippen LogP) is 4.94. The Balaban J connectivity index is 0. The number of ketones is 2. The molecule has 1 aliphatic rings. The zero-order valence-corrected chi connectivity index (χ0v) is 37.6. The second-order valence-corrected chi connectivity index (χ2v) is 20.2. The molecule has 1 saturated heterocycles. The summed E-state index contributed by atoms with van der Waals surface area (Å²) in [6, 6.07) is 14.9. The SMILES string of the molecule is CC(=O)c1ccc[n+](CCCS(=O)(=O)[O-])c1.CC(=O)c1cccnc1.CC(C)(C)c1ccc[n+](CCCS(=O)(=O)[O-])c1.CC(C)(C)c1cccnc1.O=S1(=O)CCCO1.[H+].[H+]. The van der Waals surface area contributed by atoms with Gasteiger partial charge in [-0.25, -0.2) is 26.0 Å². The molecule has 5 heterocycles. The van der Waals surface area contributed by atoms with Crippen LogP contribution in [-0.4, -0.2) is 79.8 Å². The maximum atomic E-state index is 11.1. The summed E-state index contributed by atoms with van der Waals surface area (Å²) in [6.07, 6.45) is 15.4. The lowest BCUT2D eigenvalue weighted by Gasteiger charge is -2.17. The van der Waals surface area contributed by atoms with Gasteiger partial charge in [-0.05, 0) is 67.0 Å². The molecule has 1 fully saturated rings. The van der Waals surface area contributed by atoms with Crippen LogP contribution >= 0.6 is 0 Å². The zero-order valence-electron chi connectivity index (χ0n) is 37.1. The van der Waals surface area contributed by atoms with Gasteiger partial charge in [-0.1, -0.05) is 47.6 Å². The van der Waals surface area contributed by atoms with E-state index < -0.39 is 30.4 Å². The molecule has 0 N–H and O–H groups in total. The topological polar surface area (TPSA) is 225 Å². The molecule has 0 bridgehead atoms. The van der Waals surface area contributed by atoms with Crippen LogP contribution in [0.2, 0.25) is 0 Å². The Morgan fingerprint density at radius 1 is 0.712 bits per heavy atom. The van der Waals surface area contributed by atoms with Crippen LogP contribution < -0.4 is 9.13 Å². The van der Waals surface area contributed by atoms with Crippen molar-refractivity contribution in [3.05, 3.63) is 120 Å². The standard InChI is InChI=1S/C12H19NO3S.C10H13NO4S.C9H13N.C7H7NO.C3H6O3S/c1-12(2,3)11-6-4-7-13(10-11)8-5-9-17(14,15)16;1-9(12)10-4-2-5-11(8-10)6-3-7-16(13,14)15;1-9(2,3)8-5-4-6-10-7-8;1-6(9)7-3-2-4-8-5-7;4-7(5)3-1-2-6-7/h4,6-7,10H,5,8-9H2,1-3H3;2,4-5,8H,3,6-7H2,1H3;4-7H,1-3H3;2-5H,1H3;1-3H2/p+2. The molecular formula is C41H60N4O11S3+2. The lowest BCUT2D eigenvalue weighted by Crippen LogP contribution is -2.35. The van der Waals surface area contributed by atoms with Crippen LogP contribution in [0.5, 0.6) is 0 Å². The van der Waals surface area contributed by atoms with Gasteiger partial charge in [0.1, 0.15) is 13.1 Å². The third kappa shape index (κ3) is 25.7. The van der Waals surface area contributed by atoms with Crippen molar-refractivity contribution >= 4 is 41.9 Å². The monoisotopic (exact) mass is 880 g/mol. The summed E-state index contributed by atoms with van der Waals surface area (Å²) in [6.45, 7) is 17.2. The van der Waals surface area contributed by atoms with Gasteiger partial charge in [0.05, 0.1) is 38.2 Å². The highest BCUT2D eigenvalue weighted by Crippen LogP contribution is 2.20. The lowest BCUT2D eigenvalue weighted by atomic mass is 9.88. The Labute approximate surface area is 353 Å². The number of hydrogen-bond acceptors (Lipinski definition) is 13. The molecule has 0 radical (unpaired) electrons. The molecule has 0 atom stereocenters. The van der Waals surface area contributed by atoms with Crippen LogP contribution in [0.15, 0.2) is 98.1 Å². The van der Waals surface area contributed by atoms with Crippen LogP contribution in [0.4, 0.5) is 0 Å². The molecule has 4 aromatic rings. The van der Waals surface area contributed by atoms with Gasteiger partial charge in [0.15, 0.2) is 36.4 Å². The molecule has 4 aromatic heterocycles. The smallest absolute Gasteiger partial charge is 0.748 e. The molecule has 0 aliphatic carbocycles. The largest absolute Gasteiger partial charge is 1.00 e. The fraction of sp³-hybridized carbons (Fsp3) is 0.463.